The van der Waals surface area contributed by atoms with Crippen molar-refractivity contribution in [2.24, 2.45) is 45.9 Å². The topological polar surface area (TPSA) is 671 Å². The molecule has 123 heavy (non-hydrogen) atoms. The number of rotatable bonds is 82. The Morgan fingerprint density at radius 3 is 0.325 bits per heavy atom. The average molecular weight is 1760 g/mol. The lowest BCUT2D eigenvalue weighted by molar-refractivity contribution is -0.124. The standard InChI is InChI=1S/C77H157N31O15/c1-101(2)41-3-63(109)94-34-56-106(50-12-72(118)99-39-61-107(52-14-74(120)95-35-57-102(42-4-64(110)86-26-18-78)43-5-65(111)87-27-19-79)53-15-75(121)96-36-58-103(44-6-66(112)88-28-20-80)45-7-67(113)89-29-21-81)51-13-73(119)100-40-62-108(54-16-76(122)97-37-59-104(46-8-68(114)90-30-22-82)47-9-69(115)91-31-23-83)55-17-77(123)98-38-60-105(48-10-70(116)92-32-24-84)49-11-71(117)93-33-25-85/h3-62,78-85H2,1-2H3,(H,86,110)(H,87,111)(H,88,112)(H,89,113)(H,90,114)(H,91,115)(H,92,116)(H,93,117)(H,94,109)(H,95,120)(H,96,121)(H,97,122)(H,98,123)(H,99,118)(H,100,119). The minimum Gasteiger partial charge on any atom is -0.355 e. The van der Waals surface area contributed by atoms with E-state index in [1.807, 2.05) is 53.3 Å². The monoisotopic (exact) mass is 1760 g/mol. The van der Waals surface area contributed by atoms with Crippen LogP contribution in [-0.4, -0.2) is 436 Å². The molecule has 0 aliphatic heterocycles. The molecule has 15 amide bonds. The Bertz CT molecular complexity index is 2540. The normalized spacial score (nSPS) is 11.3. The van der Waals surface area contributed by atoms with Gasteiger partial charge in [-0.2, -0.15) is 0 Å². The van der Waals surface area contributed by atoms with E-state index in [1.54, 1.807) is 0 Å². The van der Waals surface area contributed by atoms with Gasteiger partial charge in [-0.3, -0.25) is 71.9 Å². The molecule has 0 heterocycles. The summed E-state index contributed by atoms with van der Waals surface area (Å²) in [5.74, 6) is -3.76. The van der Waals surface area contributed by atoms with Gasteiger partial charge in [-0.05, 0) is 14.1 Å². The smallest absolute Gasteiger partial charge is 0.221 e. The molecule has 0 atom stereocenters. The van der Waals surface area contributed by atoms with Crippen molar-refractivity contribution >= 4 is 88.6 Å². The van der Waals surface area contributed by atoms with E-state index in [9.17, 15) is 71.9 Å². The van der Waals surface area contributed by atoms with Crippen molar-refractivity contribution in [1.82, 2.24) is 119 Å². The number of hydrogen-bond acceptors (Lipinski definition) is 31. The molecule has 0 bridgehead atoms. The van der Waals surface area contributed by atoms with Crippen LogP contribution in [-0.2, 0) is 71.9 Å². The van der Waals surface area contributed by atoms with E-state index in [2.05, 4.69) is 79.8 Å². The molecule has 0 aromatic carbocycles. The van der Waals surface area contributed by atoms with E-state index in [-0.39, 0.29) is 342 Å². The zero-order valence-corrected chi connectivity index (χ0v) is 73.7. The number of hydrogen-bond donors (Lipinski definition) is 23. The van der Waals surface area contributed by atoms with Crippen LogP contribution in [0, 0.1) is 0 Å². The second kappa shape index (κ2) is 78.2. The summed E-state index contributed by atoms with van der Waals surface area (Å²) in [6.45, 7) is 12.0. The maximum absolute atomic E-state index is 13.8. The van der Waals surface area contributed by atoms with Gasteiger partial charge in [-0.15, -0.1) is 0 Å². The number of amides is 15. The van der Waals surface area contributed by atoms with E-state index in [1.165, 1.54) is 0 Å². The first kappa shape index (κ1) is 114. The summed E-state index contributed by atoms with van der Waals surface area (Å²) < 4.78 is 0. The Morgan fingerprint density at radius 2 is 0.236 bits per heavy atom. The van der Waals surface area contributed by atoms with Crippen molar-refractivity contribution in [1.29, 1.82) is 0 Å². The number of nitrogens with two attached hydrogens (primary N) is 8. The average Bonchev–Trinajstić information content (AvgIpc) is 0.953. The van der Waals surface area contributed by atoms with Crippen molar-refractivity contribution in [3.05, 3.63) is 0 Å². The Labute approximate surface area is 727 Å². The van der Waals surface area contributed by atoms with Crippen molar-refractivity contribution in [2.45, 2.75) is 96.3 Å². The lowest BCUT2D eigenvalue weighted by Crippen LogP contribution is -2.43. The molecule has 0 unspecified atom stereocenters. The van der Waals surface area contributed by atoms with E-state index >= 15 is 0 Å². The molecule has 0 aliphatic rings. The molecule has 46 heteroatoms. The molecule has 0 rings (SSSR count). The van der Waals surface area contributed by atoms with Crippen LogP contribution in [0.4, 0.5) is 0 Å². The second-order valence-electron chi connectivity index (χ2n) is 29.5. The molecule has 0 spiro atoms. The van der Waals surface area contributed by atoms with Crippen LogP contribution in [0.5, 0.6) is 0 Å². The van der Waals surface area contributed by atoms with Crippen LogP contribution in [0.2, 0.25) is 0 Å². The van der Waals surface area contributed by atoms with E-state index < -0.39 is 0 Å². The minimum absolute atomic E-state index is 0.00453. The van der Waals surface area contributed by atoms with Crippen molar-refractivity contribution in [3.8, 4) is 0 Å². The van der Waals surface area contributed by atoms with Gasteiger partial charge in [-0.25, -0.2) is 0 Å². The van der Waals surface area contributed by atoms with Crippen LogP contribution < -0.4 is 126 Å². The molecule has 0 fully saturated rings. The zero-order valence-electron chi connectivity index (χ0n) is 73.7. The molecule has 0 saturated carbocycles. The molecule has 31 N–H and O–H groups in total. The van der Waals surface area contributed by atoms with E-state index in [0.717, 1.165) is 0 Å². The summed E-state index contributed by atoms with van der Waals surface area (Å²) in [5, 5.41) is 42.4. The fraction of sp³-hybridized carbons (Fsp3) is 0.805. The summed E-state index contributed by atoms with van der Waals surface area (Å²) in [5.41, 5.74) is 44.5. The lowest BCUT2D eigenvalue weighted by atomic mass is 10.2. The Kier molecular flexibility index (Phi) is 72.7. The molecule has 0 aromatic heterocycles. The number of carbonyl (C=O) groups is 15. The summed E-state index contributed by atoms with van der Waals surface area (Å²) in [6, 6.07) is 0. The van der Waals surface area contributed by atoms with Gasteiger partial charge in [0, 0.05) is 391 Å². The summed E-state index contributed by atoms with van der Waals surface area (Å²) >= 11 is 0. The van der Waals surface area contributed by atoms with Crippen LogP contribution in [0.3, 0.4) is 0 Å². The molecule has 710 valence electrons. The first-order valence-corrected chi connectivity index (χ1v) is 43.5. The summed E-state index contributed by atoms with van der Waals surface area (Å²) in [6.07, 6.45) is 1.35. The lowest BCUT2D eigenvalue weighted by Gasteiger charge is -2.25. The van der Waals surface area contributed by atoms with Crippen LogP contribution in [0.1, 0.15) is 96.3 Å². The maximum atomic E-state index is 13.8. The fourth-order valence-electron chi connectivity index (χ4n) is 11.8. The third-order valence-corrected chi connectivity index (χ3v) is 18.9. The molecular formula is C77H157N31O15. The highest BCUT2D eigenvalue weighted by molar-refractivity contribution is 5.81. The summed E-state index contributed by atoms with van der Waals surface area (Å²) in [4.78, 5) is 209. The zero-order chi connectivity index (χ0) is 91.3. The van der Waals surface area contributed by atoms with Gasteiger partial charge in [0.1, 0.15) is 0 Å². The van der Waals surface area contributed by atoms with Gasteiger partial charge in [-0.1, -0.05) is 0 Å². The first-order chi connectivity index (χ1) is 59.2. The molecule has 0 radical (unpaired) electrons. The Morgan fingerprint density at radius 1 is 0.146 bits per heavy atom. The number of nitrogens with one attached hydrogen (secondary N) is 15. The van der Waals surface area contributed by atoms with Crippen molar-refractivity contribution < 1.29 is 71.9 Å². The Balaban J connectivity index is 6.63. The van der Waals surface area contributed by atoms with Crippen LogP contribution in [0.25, 0.3) is 0 Å². The van der Waals surface area contributed by atoms with Gasteiger partial charge < -0.3 is 165 Å². The minimum atomic E-state index is -0.335. The molecule has 0 saturated heterocycles. The number of nitrogens with zero attached hydrogens (tertiary/aromatic N) is 8. The SMILES string of the molecule is CN(C)CCC(=O)NCCN(CCC(=O)NCCN(CCC(=O)NCCN(CCC(=O)NCCN)CCC(=O)NCCN)CCC(=O)NCCN(CCC(=O)NCCN)CCC(=O)NCCN)CCC(=O)NCCN(CCC(=O)NCCN(CCC(=O)NCCN)CCC(=O)NCCN)CCC(=O)NCCN(CCC(=O)NCCN)CCC(=O)NCCN. The van der Waals surface area contributed by atoms with Crippen molar-refractivity contribution in [3.63, 3.8) is 0 Å². The number of carbonyl (C=O) groups excluding carboxylic acids is 15. The third-order valence-electron chi connectivity index (χ3n) is 18.9. The predicted molar refractivity (Wildman–Crippen MR) is 470 cm³/mol. The molecule has 0 aromatic rings. The highest BCUT2D eigenvalue weighted by atomic mass is 16.2. The fourth-order valence-corrected chi connectivity index (χ4v) is 11.8. The summed E-state index contributed by atoms with van der Waals surface area (Å²) in [7, 11) is 3.70. The highest BCUT2D eigenvalue weighted by Gasteiger charge is 2.21. The van der Waals surface area contributed by atoms with Gasteiger partial charge in [0.2, 0.25) is 88.6 Å². The first-order valence-electron chi connectivity index (χ1n) is 43.5. The van der Waals surface area contributed by atoms with E-state index in [0.29, 0.717) is 137 Å². The van der Waals surface area contributed by atoms with Crippen LogP contribution >= 0.6 is 0 Å². The largest absolute Gasteiger partial charge is 0.355 e. The predicted octanol–water partition coefficient (Wildman–Crippen LogP) is -13.1. The van der Waals surface area contributed by atoms with E-state index in [4.69, 9.17) is 45.9 Å². The highest BCUT2D eigenvalue weighted by Crippen LogP contribution is 2.05. The third kappa shape index (κ3) is 71.4. The van der Waals surface area contributed by atoms with Crippen molar-refractivity contribution in [2.75, 3.05) is 309 Å². The van der Waals surface area contributed by atoms with Gasteiger partial charge >= 0.3 is 0 Å². The quantitative estimate of drug-likeness (QED) is 0.0269. The second-order valence-corrected chi connectivity index (χ2v) is 29.5. The molecule has 46 nitrogen and oxygen atoms in total. The van der Waals surface area contributed by atoms with Gasteiger partial charge in [0.25, 0.3) is 0 Å². The molecular weight excluding hydrogens is 1600 g/mol. The maximum Gasteiger partial charge on any atom is 0.221 e. The molecule has 0 aliphatic carbocycles. The Hall–Kier alpha value is -8.59. The van der Waals surface area contributed by atoms with Crippen LogP contribution in [0.15, 0.2) is 0 Å². The van der Waals surface area contributed by atoms with Gasteiger partial charge in [0.05, 0.1) is 0 Å². The van der Waals surface area contributed by atoms with Gasteiger partial charge in [0.15, 0.2) is 0 Å².